The highest BCUT2D eigenvalue weighted by atomic mass is 32.2. The summed E-state index contributed by atoms with van der Waals surface area (Å²) in [6, 6.07) is 3.27. The molecule has 0 saturated heterocycles. The van der Waals surface area contributed by atoms with E-state index in [0.717, 1.165) is 0 Å². The van der Waals surface area contributed by atoms with E-state index in [9.17, 15) is 18.0 Å². The zero-order valence-corrected chi connectivity index (χ0v) is 15.5. The summed E-state index contributed by atoms with van der Waals surface area (Å²) in [6.45, 7) is 4.43. The molecule has 26 heavy (non-hydrogen) atoms. The first-order valence-corrected chi connectivity index (χ1v) is 9.99. The van der Waals surface area contributed by atoms with Crippen molar-refractivity contribution in [2.45, 2.75) is 37.6 Å². The van der Waals surface area contributed by atoms with Gasteiger partial charge in [-0.05, 0) is 24.5 Å². The van der Waals surface area contributed by atoms with Crippen LogP contribution in [0.2, 0.25) is 0 Å². The molecule has 9 heteroatoms. The number of carbonyl (C=O) groups excluding carboxylic acids is 1. The van der Waals surface area contributed by atoms with Crippen LogP contribution in [-0.2, 0) is 19.4 Å². The molecule has 1 aromatic carbocycles. The van der Waals surface area contributed by atoms with Crippen LogP contribution in [0.1, 0.15) is 26.7 Å². The molecule has 1 atom stereocenters. The second kappa shape index (κ2) is 8.39. The normalized spacial score (nSPS) is 14.7. The number of amides is 1. The number of rotatable bonds is 8. The monoisotopic (exact) mass is 385 g/mol. The lowest BCUT2D eigenvalue weighted by Gasteiger charge is -2.19. The fourth-order valence-corrected chi connectivity index (χ4v) is 3.77. The Morgan fingerprint density at radius 1 is 1.19 bits per heavy atom. The first-order valence-electron chi connectivity index (χ1n) is 8.33. The van der Waals surface area contributed by atoms with Crippen LogP contribution < -0.4 is 14.8 Å². The summed E-state index contributed by atoms with van der Waals surface area (Å²) in [5, 5.41) is 11.5. The summed E-state index contributed by atoms with van der Waals surface area (Å²) >= 11 is 0. The third-order valence-corrected chi connectivity index (χ3v) is 5.52. The minimum atomic E-state index is -3.71. The van der Waals surface area contributed by atoms with Crippen molar-refractivity contribution >= 4 is 21.7 Å². The van der Waals surface area contributed by atoms with Crippen molar-refractivity contribution in [2.24, 2.45) is 5.92 Å². The zero-order chi connectivity index (χ0) is 19.3. The van der Waals surface area contributed by atoms with Crippen LogP contribution in [0.3, 0.4) is 0 Å². The van der Waals surface area contributed by atoms with Gasteiger partial charge < -0.3 is 19.9 Å². The molecule has 0 unspecified atom stereocenters. The Morgan fingerprint density at radius 2 is 1.85 bits per heavy atom. The van der Waals surface area contributed by atoms with E-state index in [2.05, 4.69) is 5.32 Å². The summed E-state index contributed by atoms with van der Waals surface area (Å²) in [5.74, 6) is -1.26. The molecular weight excluding hydrogens is 362 g/mol. The van der Waals surface area contributed by atoms with Crippen LogP contribution in [0, 0.1) is 5.92 Å². The molecule has 0 bridgehead atoms. The van der Waals surface area contributed by atoms with E-state index in [4.69, 9.17) is 14.6 Å². The highest BCUT2D eigenvalue weighted by molar-refractivity contribution is 7.91. The predicted octanol–water partition coefficient (Wildman–Crippen LogP) is 1.24. The van der Waals surface area contributed by atoms with Crippen LogP contribution in [0.4, 0.5) is 0 Å². The minimum absolute atomic E-state index is 0.0338. The van der Waals surface area contributed by atoms with E-state index < -0.39 is 33.5 Å². The lowest BCUT2D eigenvalue weighted by atomic mass is 10.0. The smallest absolute Gasteiger partial charge is 0.326 e. The summed E-state index contributed by atoms with van der Waals surface area (Å²) in [6.07, 6.45) is -0.0470. The molecular formula is C17H23NO7S. The number of fused-ring (bicyclic) bond motifs is 1. The second-order valence-electron chi connectivity index (χ2n) is 6.46. The molecule has 2 N–H and O–H groups in total. The van der Waals surface area contributed by atoms with Crippen LogP contribution >= 0.6 is 0 Å². The van der Waals surface area contributed by atoms with Gasteiger partial charge in [0.2, 0.25) is 5.91 Å². The van der Waals surface area contributed by atoms with E-state index in [1.807, 2.05) is 13.8 Å². The lowest BCUT2D eigenvalue weighted by Crippen LogP contribution is -2.42. The predicted molar refractivity (Wildman–Crippen MR) is 93.1 cm³/mol. The third-order valence-electron chi connectivity index (χ3n) is 3.81. The Kier molecular flexibility index (Phi) is 6.47. The van der Waals surface area contributed by atoms with Gasteiger partial charge in [-0.2, -0.15) is 0 Å². The number of hydrogen-bond acceptors (Lipinski definition) is 6. The van der Waals surface area contributed by atoms with Crippen LogP contribution in [0.15, 0.2) is 23.1 Å². The Bertz CT molecular complexity index is 773. The number of carbonyl (C=O) groups is 2. The average molecular weight is 385 g/mol. The van der Waals surface area contributed by atoms with Gasteiger partial charge in [0.1, 0.15) is 19.3 Å². The van der Waals surface area contributed by atoms with Gasteiger partial charge in [0.15, 0.2) is 21.3 Å². The Labute approximate surface area is 152 Å². The van der Waals surface area contributed by atoms with Gasteiger partial charge in [0.25, 0.3) is 0 Å². The van der Waals surface area contributed by atoms with Gasteiger partial charge in [-0.3, -0.25) is 4.79 Å². The number of ether oxygens (including phenoxy) is 2. The molecule has 0 saturated carbocycles. The molecule has 1 amide bonds. The number of benzene rings is 1. The van der Waals surface area contributed by atoms with Gasteiger partial charge in [-0.1, -0.05) is 13.8 Å². The maximum absolute atomic E-state index is 12.4. The fourth-order valence-electron chi connectivity index (χ4n) is 2.52. The third kappa shape index (κ3) is 5.35. The number of nitrogens with one attached hydrogen (secondary N) is 1. The first-order chi connectivity index (χ1) is 12.2. The molecule has 0 fully saturated rings. The summed E-state index contributed by atoms with van der Waals surface area (Å²) in [5.41, 5.74) is 0. The number of hydrogen-bond donors (Lipinski definition) is 2. The van der Waals surface area contributed by atoms with Crippen LogP contribution in [0.25, 0.3) is 0 Å². The minimum Gasteiger partial charge on any atom is -0.486 e. The molecule has 1 aliphatic heterocycles. The quantitative estimate of drug-likeness (QED) is 0.691. The number of aliphatic carboxylic acids is 1. The van der Waals surface area contributed by atoms with E-state index in [1.54, 1.807) is 0 Å². The van der Waals surface area contributed by atoms with E-state index in [-0.39, 0.29) is 23.7 Å². The van der Waals surface area contributed by atoms with E-state index >= 15 is 0 Å². The van der Waals surface area contributed by atoms with Crippen molar-refractivity contribution in [1.82, 2.24) is 5.32 Å². The van der Waals surface area contributed by atoms with Crippen molar-refractivity contribution in [3.8, 4) is 11.5 Å². The van der Waals surface area contributed by atoms with Gasteiger partial charge >= 0.3 is 5.97 Å². The van der Waals surface area contributed by atoms with Gasteiger partial charge in [0.05, 0.1) is 10.6 Å². The molecule has 2 rings (SSSR count). The highest BCUT2D eigenvalue weighted by Gasteiger charge is 2.24. The van der Waals surface area contributed by atoms with E-state index in [1.165, 1.54) is 18.2 Å². The molecule has 1 heterocycles. The summed E-state index contributed by atoms with van der Waals surface area (Å²) < 4.78 is 35.6. The number of carboxylic acids is 1. The van der Waals surface area contributed by atoms with Crippen molar-refractivity contribution in [1.29, 1.82) is 0 Å². The van der Waals surface area contributed by atoms with Gasteiger partial charge in [-0.25, -0.2) is 13.2 Å². The SMILES string of the molecule is CC(C)C[C@@H](NC(=O)CCS(=O)(=O)c1ccc2c(c1)OCCO2)C(=O)O. The highest BCUT2D eigenvalue weighted by Crippen LogP contribution is 2.32. The largest absolute Gasteiger partial charge is 0.486 e. The second-order valence-corrected chi connectivity index (χ2v) is 8.57. The zero-order valence-electron chi connectivity index (χ0n) is 14.7. The maximum Gasteiger partial charge on any atom is 0.326 e. The first kappa shape index (κ1) is 20.0. The standard InChI is InChI=1S/C17H23NO7S/c1-11(2)9-13(17(20)21)18-16(19)5-8-26(22,23)12-3-4-14-15(10-12)25-7-6-24-14/h3-4,10-11,13H,5-9H2,1-2H3,(H,18,19)(H,20,21)/t13-/m1/s1. The van der Waals surface area contributed by atoms with Crippen molar-refractivity contribution in [3.05, 3.63) is 18.2 Å². The topological polar surface area (TPSA) is 119 Å². The molecule has 0 aromatic heterocycles. The molecule has 8 nitrogen and oxygen atoms in total. The number of carboxylic acid groups (broad SMARTS) is 1. The Hall–Kier alpha value is -2.29. The fraction of sp³-hybridized carbons (Fsp3) is 0.529. The van der Waals surface area contributed by atoms with Crippen molar-refractivity contribution in [2.75, 3.05) is 19.0 Å². The molecule has 1 aromatic rings. The molecule has 144 valence electrons. The Morgan fingerprint density at radius 3 is 2.46 bits per heavy atom. The van der Waals surface area contributed by atoms with Gasteiger partial charge in [0, 0.05) is 12.5 Å². The van der Waals surface area contributed by atoms with Crippen molar-refractivity contribution in [3.63, 3.8) is 0 Å². The molecule has 1 aliphatic rings. The average Bonchev–Trinajstić information content (AvgIpc) is 2.58. The number of sulfone groups is 1. The van der Waals surface area contributed by atoms with Crippen LogP contribution in [-0.4, -0.2) is 50.4 Å². The summed E-state index contributed by atoms with van der Waals surface area (Å²) in [4.78, 5) is 23.2. The molecule has 0 radical (unpaired) electrons. The molecule has 0 spiro atoms. The van der Waals surface area contributed by atoms with Crippen LogP contribution in [0.5, 0.6) is 11.5 Å². The maximum atomic E-state index is 12.4. The summed E-state index contributed by atoms with van der Waals surface area (Å²) in [7, 11) is -3.71. The lowest BCUT2D eigenvalue weighted by molar-refractivity contribution is -0.142. The van der Waals surface area contributed by atoms with Crippen molar-refractivity contribution < 1.29 is 32.6 Å². The molecule has 0 aliphatic carbocycles. The van der Waals surface area contributed by atoms with Gasteiger partial charge in [-0.15, -0.1) is 0 Å². The Balaban J connectivity index is 1.99. The van der Waals surface area contributed by atoms with E-state index in [0.29, 0.717) is 24.7 Å².